The third-order valence-corrected chi connectivity index (χ3v) is 2.92. The van der Waals surface area contributed by atoms with E-state index in [-0.39, 0.29) is 17.9 Å². The molecular formula is C14H15N3O3. The molecule has 1 aromatic heterocycles. The second-order valence-electron chi connectivity index (χ2n) is 4.26. The van der Waals surface area contributed by atoms with Gasteiger partial charge in [-0.3, -0.25) is 4.79 Å². The van der Waals surface area contributed by atoms with E-state index in [0.29, 0.717) is 5.82 Å². The quantitative estimate of drug-likeness (QED) is 0.508. The zero-order valence-corrected chi connectivity index (χ0v) is 11.3. The molecule has 0 spiro atoms. The van der Waals surface area contributed by atoms with Crippen molar-refractivity contribution in [3.8, 4) is 5.75 Å². The van der Waals surface area contributed by atoms with Crippen molar-refractivity contribution < 1.29 is 14.7 Å². The van der Waals surface area contributed by atoms with Crippen molar-refractivity contribution in [3.63, 3.8) is 0 Å². The van der Waals surface area contributed by atoms with Crippen LogP contribution in [0.4, 0.5) is 0 Å². The second kappa shape index (κ2) is 6.01. The van der Waals surface area contributed by atoms with Gasteiger partial charge in [-0.05, 0) is 17.7 Å². The number of ether oxygens (including phenoxy) is 1. The zero-order chi connectivity index (χ0) is 14.5. The summed E-state index contributed by atoms with van der Waals surface area (Å²) in [4.78, 5) is 16.2. The highest BCUT2D eigenvalue weighted by atomic mass is 16.5. The van der Waals surface area contributed by atoms with E-state index in [1.54, 1.807) is 55.4 Å². The molecule has 6 heteroatoms. The molecule has 1 aromatic carbocycles. The van der Waals surface area contributed by atoms with Crippen molar-refractivity contribution in [1.82, 2.24) is 9.55 Å². The van der Waals surface area contributed by atoms with Crippen LogP contribution in [-0.4, -0.2) is 33.4 Å². The van der Waals surface area contributed by atoms with E-state index in [0.717, 1.165) is 11.3 Å². The Morgan fingerprint density at radius 2 is 2.10 bits per heavy atom. The summed E-state index contributed by atoms with van der Waals surface area (Å²) in [6.07, 6.45) is 3.36. The lowest BCUT2D eigenvalue weighted by Gasteiger charge is -2.05. The Hall–Kier alpha value is -2.63. The van der Waals surface area contributed by atoms with Gasteiger partial charge in [-0.2, -0.15) is 0 Å². The predicted octanol–water partition coefficient (Wildman–Crippen LogP) is 1.42. The summed E-state index contributed by atoms with van der Waals surface area (Å²) >= 11 is 0. The predicted molar refractivity (Wildman–Crippen MR) is 73.2 cm³/mol. The van der Waals surface area contributed by atoms with E-state index < -0.39 is 0 Å². The normalized spacial score (nSPS) is 11.4. The third kappa shape index (κ3) is 2.85. The number of carbonyl (C=O) groups excluding carboxylic acids is 1. The molecule has 0 aliphatic heterocycles. The fourth-order valence-electron chi connectivity index (χ4n) is 1.83. The van der Waals surface area contributed by atoms with E-state index in [2.05, 4.69) is 10.1 Å². The van der Waals surface area contributed by atoms with Crippen LogP contribution in [0, 0.1) is 0 Å². The highest BCUT2D eigenvalue weighted by molar-refractivity contribution is 6.45. The minimum absolute atomic E-state index is 0.0479. The molecular weight excluding hydrogens is 258 g/mol. The van der Waals surface area contributed by atoms with Gasteiger partial charge in [0.15, 0.2) is 17.3 Å². The fourth-order valence-corrected chi connectivity index (χ4v) is 1.83. The van der Waals surface area contributed by atoms with E-state index in [1.807, 2.05) is 0 Å². The molecule has 0 radical (unpaired) electrons. The van der Waals surface area contributed by atoms with Crippen LogP contribution in [0.2, 0.25) is 0 Å². The standard InChI is InChI=1S/C14H15N3O3/c1-17-8-7-15-14(17)13(16-19)12(18)9-10-3-5-11(20-2)6-4-10/h3-8,19H,9H2,1-2H3. The summed E-state index contributed by atoms with van der Waals surface area (Å²) in [7, 11) is 3.31. The Bertz CT molecular complexity index is 629. The van der Waals surface area contributed by atoms with Gasteiger partial charge in [0.2, 0.25) is 0 Å². The number of imidazole rings is 1. The Balaban J connectivity index is 2.16. The first-order chi connectivity index (χ1) is 9.65. The first-order valence-electron chi connectivity index (χ1n) is 6.01. The van der Waals surface area contributed by atoms with Gasteiger partial charge >= 0.3 is 0 Å². The molecule has 0 atom stereocenters. The van der Waals surface area contributed by atoms with Crippen LogP contribution in [0.5, 0.6) is 5.75 Å². The van der Waals surface area contributed by atoms with Crippen molar-refractivity contribution in [3.05, 3.63) is 48.0 Å². The number of hydrogen-bond donors (Lipinski definition) is 1. The number of carbonyl (C=O) groups is 1. The van der Waals surface area contributed by atoms with Gasteiger partial charge < -0.3 is 14.5 Å². The van der Waals surface area contributed by atoms with Crippen molar-refractivity contribution in [1.29, 1.82) is 0 Å². The highest BCUT2D eigenvalue weighted by Gasteiger charge is 2.19. The number of aromatic nitrogens is 2. The molecule has 104 valence electrons. The Labute approximate surface area is 116 Å². The Morgan fingerprint density at radius 3 is 2.60 bits per heavy atom. The molecule has 1 N–H and O–H groups in total. The number of methoxy groups -OCH3 is 1. The maximum atomic E-state index is 12.2. The molecule has 6 nitrogen and oxygen atoms in total. The highest BCUT2D eigenvalue weighted by Crippen LogP contribution is 2.12. The summed E-state index contributed by atoms with van der Waals surface area (Å²) < 4.78 is 6.68. The van der Waals surface area contributed by atoms with Crippen LogP contribution < -0.4 is 4.74 Å². The molecule has 0 bridgehead atoms. The molecule has 0 aliphatic rings. The van der Waals surface area contributed by atoms with Gasteiger partial charge in [0.25, 0.3) is 0 Å². The fraction of sp³-hybridized carbons (Fsp3) is 0.214. The summed E-state index contributed by atoms with van der Waals surface area (Å²) in [6, 6.07) is 7.15. The smallest absolute Gasteiger partial charge is 0.192 e. The number of ketones is 1. The number of Topliss-reactive ketones (excluding diaryl/α,β-unsaturated/α-hetero) is 1. The van der Waals surface area contributed by atoms with Crippen LogP contribution in [0.3, 0.4) is 0 Å². The van der Waals surface area contributed by atoms with Gasteiger partial charge in [-0.15, -0.1) is 0 Å². The largest absolute Gasteiger partial charge is 0.497 e. The molecule has 0 saturated heterocycles. The van der Waals surface area contributed by atoms with Crippen molar-refractivity contribution in [2.24, 2.45) is 12.2 Å². The van der Waals surface area contributed by atoms with Crippen molar-refractivity contribution in [2.75, 3.05) is 7.11 Å². The Morgan fingerprint density at radius 1 is 1.40 bits per heavy atom. The van der Waals surface area contributed by atoms with Gasteiger partial charge in [0.05, 0.1) is 7.11 Å². The van der Waals surface area contributed by atoms with Gasteiger partial charge in [-0.25, -0.2) is 4.98 Å². The number of nitrogens with zero attached hydrogens (tertiary/aromatic N) is 3. The minimum atomic E-state index is -0.299. The third-order valence-electron chi connectivity index (χ3n) is 2.92. The summed E-state index contributed by atoms with van der Waals surface area (Å²) in [5.74, 6) is 0.763. The van der Waals surface area contributed by atoms with Crippen LogP contribution >= 0.6 is 0 Å². The van der Waals surface area contributed by atoms with Crippen LogP contribution in [-0.2, 0) is 18.3 Å². The van der Waals surface area contributed by atoms with Gasteiger partial charge in [-0.1, -0.05) is 17.3 Å². The molecule has 1 heterocycles. The SMILES string of the molecule is COc1ccc(CC(=O)C(=NO)c2nccn2C)cc1. The van der Waals surface area contributed by atoms with Gasteiger partial charge in [0, 0.05) is 25.9 Å². The van der Waals surface area contributed by atoms with Gasteiger partial charge in [0.1, 0.15) is 5.75 Å². The molecule has 0 amide bonds. The lowest BCUT2D eigenvalue weighted by atomic mass is 10.1. The first kappa shape index (κ1) is 13.8. The minimum Gasteiger partial charge on any atom is -0.497 e. The maximum absolute atomic E-state index is 12.2. The molecule has 2 aromatic rings. The lowest BCUT2D eigenvalue weighted by Crippen LogP contribution is -2.21. The maximum Gasteiger partial charge on any atom is 0.192 e. The number of rotatable bonds is 5. The topological polar surface area (TPSA) is 76.7 Å². The number of aryl methyl sites for hydroxylation is 1. The van der Waals surface area contributed by atoms with Crippen LogP contribution in [0.15, 0.2) is 41.8 Å². The van der Waals surface area contributed by atoms with E-state index in [9.17, 15) is 4.79 Å². The van der Waals surface area contributed by atoms with E-state index in [1.165, 1.54) is 0 Å². The number of hydrogen-bond acceptors (Lipinski definition) is 5. The molecule has 0 fully saturated rings. The molecule has 20 heavy (non-hydrogen) atoms. The van der Waals surface area contributed by atoms with Crippen LogP contribution in [0.25, 0.3) is 0 Å². The average molecular weight is 273 g/mol. The Kier molecular flexibility index (Phi) is 4.14. The number of benzene rings is 1. The molecule has 0 saturated carbocycles. The zero-order valence-electron chi connectivity index (χ0n) is 11.3. The number of oxime groups is 1. The van der Waals surface area contributed by atoms with Crippen molar-refractivity contribution >= 4 is 11.5 Å². The van der Waals surface area contributed by atoms with E-state index >= 15 is 0 Å². The monoisotopic (exact) mass is 273 g/mol. The molecule has 2 rings (SSSR count). The summed E-state index contributed by atoms with van der Waals surface area (Å²) in [6.45, 7) is 0. The summed E-state index contributed by atoms with van der Waals surface area (Å²) in [5.41, 5.74) is 0.763. The van der Waals surface area contributed by atoms with Crippen molar-refractivity contribution in [2.45, 2.75) is 6.42 Å². The molecule has 0 aliphatic carbocycles. The second-order valence-corrected chi connectivity index (χ2v) is 4.26. The first-order valence-corrected chi connectivity index (χ1v) is 6.01. The summed E-state index contributed by atoms with van der Waals surface area (Å²) in [5, 5.41) is 12.1. The van der Waals surface area contributed by atoms with E-state index in [4.69, 9.17) is 9.94 Å². The lowest BCUT2D eigenvalue weighted by molar-refractivity contribution is -0.112. The average Bonchev–Trinajstić information content (AvgIpc) is 2.87. The molecule has 0 unspecified atom stereocenters. The van der Waals surface area contributed by atoms with Crippen LogP contribution in [0.1, 0.15) is 11.4 Å².